The standard InChI is InChI=1S/C19H21F3N2O2S/c1-3-10-26-18(25)24-17-9-6-14(11-16(17)19(20,21)22)23-12-13-4-7-15(27-2)8-5-13/h4-9,11,23H,3,10,12H2,1-2H3,(H,24,25). The summed E-state index contributed by atoms with van der Waals surface area (Å²) in [5.41, 5.74) is -0.00685. The van der Waals surface area contributed by atoms with Crippen molar-refractivity contribution in [1.29, 1.82) is 0 Å². The van der Waals surface area contributed by atoms with Crippen molar-refractivity contribution in [3.63, 3.8) is 0 Å². The van der Waals surface area contributed by atoms with Crippen LogP contribution < -0.4 is 10.6 Å². The van der Waals surface area contributed by atoms with Crippen molar-refractivity contribution in [3.8, 4) is 0 Å². The molecule has 0 heterocycles. The first-order valence-corrected chi connectivity index (χ1v) is 9.57. The first-order valence-electron chi connectivity index (χ1n) is 8.35. The fraction of sp³-hybridized carbons (Fsp3) is 0.316. The van der Waals surface area contributed by atoms with Crippen molar-refractivity contribution < 1.29 is 22.7 Å². The highest BCUT2D eigenvalue weighted by Gasteiger charge is 2.34. The molecule has 0 fully saturated rings. The summed E-state index contributed by atoms with van der Waals surface area (Å²) >= 11 is 1.62. The lowest BCUT2D eigenvalue weighted by Gasteiger charge is -2.16. The molecule has 0 unspecified atom stereocenters. The molecule has 2 rings (SSSR count). The van der Waals surface area contributed by atoms with E-state index in [4.69, 9.17) is 4.74 Å². The highest BCUT2D eigenvalue weighted by molar-refractivity contribution is 7.98. The van der Waals surface area contributed by atoms with Crippen LogP contribution in [0.3, 0.4) is 0 Å². The van der Waals surface area contributed by atoms with Gasteiger partial charge in [-0.15, -0.1) is 11.8 Å². The van der Waals surface area contributed by atoms with Gasteiger partial charge in [-0.3, -0.25) is 5.32 Å². The van der Waals surface area contributed by atoms with Gasteiger partial charge in [-0.05, 0) is 48.6 Å². The van der Waals surface area contributed by atoms with Gasteiger partial charge in [0.1, 0.15) is 0 Å². The molecule has 0 aliphatic rings. The van der Waals surface area contributed by atoms with E-state index in [0.717, 1.165) is 16.5 Å². The lowest BCUT2D eigenvalue weighted by molar-refractivity contribution is -0.136. The van der Waals surface area contributed by atoms with Crippen LogP contribution in [0, 0.1) is 0 Å². The smallest absolute Gasteiger partial charge is 0.418 e. The van der Waals surface area contributed by atoms with Crippen LogP contribution in [-0.4, -0.2) is 19.0 Å². The number of carbonyl (C=O) groups is 1. The minimum absolute atomic E-state index is 0.141. The van der Waals surface area contributed by atoms with E-state index >= 15 is 0 Å². The predicted molar refractivity (Wildman–Crippen MR) is 102 cm³/mol. The molecular weight excluding hydrogens is 377 g/mol. The van der Waals surface area contributed by atoms with Gasteiger partial charge in [-0.1, -0.05) is 19.1 Å². The third-order valence-corrected chi connectivity index (χ3v) is 4.40. The van der Waals surface area contributed by atoms with Crippen LogP contribution in [0.15, 0.2) is 47.4 Å². The average Bonchev–Trinajstić information content (AvgIpc) is 2.65. The Morgan fingerprint density at radius 3 is 2.44 bits per heavy atom. The molecule has 0 aromatic heterocycles. The maximum Gasteiger partial charge on any atom is 0.418 e. The van der Waals surface area contributed by atoms with Crippen LogP contribution in [0.25, 0.3) is 0 Å². The number of nitrogens with one attached hydrogen (secondary N) is 2. The number of alkyl halides is 3. The van der Waals surface area contributed by atoms with Gasteiger partial charge in [0.15, 0.2) is 0 Å². The average molecular weight is 398 g/mol. The van der Waals surface area contributed by atoms with Gasteiger partial charge >= 0.3 is 12.3 Å². The molecule has 0 atom stereocenters. The number of ether oxygens (including phenoxy) is 1. The second-order valence-corrected chi connectivity index (χ2v) is 6.60. The summed E-state index contributed by atoms with van der Waals surface area (Å²) in [6.45, 7) is 2.32. The second-order valence-electron chi connectivity index (χ2n) is 5.72. The minimum Gasteiger partial charge on any atom is -0.449 e. The van der Waals surface area contributed by atoms with Gasteiger partial charge in [0, 0.05) is 17.1 Å². The number of hydrogen-bond acceptors (Lipinski definition) is 4. The molecule has 2 aromatic rings. The summed E-state index contributed by atoms with van der Waals surface area (Å²) < 4.78 is 44.8. The molecule has 0 aliphatic carbocycles. The highest BCUT2D eigenvalue weighted by atomic mass is 32.2. The van der Waals surface area contributed by atoms with E-state index in [1.807, 2.05) is 30.5 Å². The zero-order chi connectivity index (χ0) is 19.9. The van der Waals surface area contributed by atoms with Crippen molar-refractivity contribution >= 4 is 29.2 Å². The Kier molecular flexibility index (Phi) is 7.41. The number of hydrogen-bond donors (Lipinski definition) is 2. The summed E-state index contributed by atoms with van der Waals surface area (Å²) in [5.74, 6) is 0. The fourth-order valence-corrected chi connectivity index (χ4v) is 2.69. The number of thioether (sulfide) groups is 1. The Bertz CT molecular complexity index is 765. The first-order chi connectivity index (χ1) is 12.8. The first kappa shape index (κ1) is 21.0. The molecule has 0 aliphatic heterocycles. The van der Waals surface area contributed by atoms with E-state index in [1.165, 1.54) is 12.1 Å². The number of rotatable bonds is 7. The molecule has 1 amide bonds. The van der Waals surface area contributed by atoms with Crippen LogP contribution in [0.4, 0.5) is 29.3 Å². The number of amides is 1. The summed E-state index contributed by atoms with van der Waals surface area (Å²) in [4.78, 5) is 12.7. The predicted octanol–water partition coefficient (Wildman–Crippen LogP) is 6.00. The molecule has 0 spiro atoms. The third-order valence-electron chi connectivity index (χ3n) is 3.65. The highest BCUT2D eigenvalue weighted by Crippen LogP contribution is 2.36. The molecule has 2 aromatic carbocycles. The van der Waals surface area contributed by atoms with E-state index < -0.39 is 17.8 Å². The number of carbonyl (C=O) groups excluding carboxylic acids is 1. The fourth-order valence-electron chi connectivity index (χ4n) is 2.29. The minimum atomic E-state index is -4.61. The van der Waals surface area contributed by atoms with Gasteiger partial charge in [-0.25, -0.2) is 4.79 Å². The molecule has 27 heavy (non-hydrogen) atoms. The van der Waals surface area contributed by atoms with E-state index in [0.29, 0.717) is 18.7 Å². The molecule has 0 saturated carbocycles. The molecule has 0 saturated heterocycles. The SMILES string of the molecule is CCCOC(=O)Nc1ccc(NCc2ccc(SC)cc2)cc1C(F)(F)F. The van der Waals surface area contributed by atoms with Crippen molar-refractivity contribution in [2.75, 3.05) is 23.5 Å². The molecular formula is C19H21F3N2O2S. The lowest BCUT2D eigenvalue weighted by atomic mass is 10.1. The summed E-state index contributed by atoms with van der Waals surface area (Å²) in [6, 6.07) is 11.4. The van der Waals surface area contributed by atoms with Crippen LogP contribution in [0.5, 0.6) is 0 Å². The zero-order valence-electron chi connectivity index (χ0n) is 15.0. The topological polar surface area (TPSA) is 50.4 Å². The van der Waals surface area contributed by atoms with Crippen LogP contribution >= 0.6 is 11.8 Å². The maximum atomic E-state index is 13.4. The summed E-state index contributed by atoms with van der Waals surface area (Å²) in [7, 11) is 0. The van der Waals surface area contributed by atoms with Gasteiger partial charge in [0.25, 0.3) is 0 Å². The molecule has 0 radical (unpaired) electrons. The van der Waals surface area contributed by atoms with Gasteiger partial charge in [0.2, 0.25) is 0 Å². The van der Waals surface area contributed by atoms with E-state index in [9.17, 15) is 18.0 Å². The van der Waals surface area contributed by atoms with E-state index in [-0.39, 0.29) is 12.3 Å². The molecule has 2 N–H and O–H groups in total. The molecule has 4 nitrogen and oxygen atoms in total. The van der Waals surface area contributed by atoms with Gasteiger partial charge in [-0.2, -0.15) is 13.2 Å². The lowest BCUT2D eigenvalue weighted by Crippen LogP contribution is -2.18. The van der Waals surface area contributed by atoms with Crippen LogP contribution in [0.2, 0.25) is 0 Å². The third kappa shape index (κ3) is 6.39. The largest absolute Gasteiger partial charge is 0.449 e. The quantitative estimate of drug-likeness (QED) is 0.562. The maximum absolute atomic E-state index is 13.4. The Morgan fingerprint density at radius 1 is 1.15 bits per heavy atom. The number of benzene rings is 2. The van der Waals surface area contributed by atoms with Crippen molar-refractivity contribution in [2.45, 2.75) is 31.0 Å². The normalized spacial score (nSPS) is 11.1. The number of halogens is 3. The Hall–Kier alpha value is -2.35. The molecule has 8 heteroatoms. The van der Waals surface area contributed by atoms with Crippen molar-refractivity contribution in [3.05, 3.63) is 53.6 Å². The van der Waals surface area contributed by atoms with Crippen molar-refractivity contribution in [1.82, 2.24) is 0 Å². The van der Waals surface area contributed by atoms with Crippen molar-refractivity contribution in [2.24, 2.45) is 0 Å². The zero-order valence-corrected chi connectivity index (χ0v) is 15.8. The Balaban J connectivity index is 2.12. The van der Waals surface area contributed by atoms with Crippen LogP contribution in [0.1, 0.15) is 24.5 Å². The summed E-state index contributed by atoms with van der Waals surface area (Å²) in [5, 5.41) is 5.13. The van der Waals surface area contributed by atoms with E-state index in [1.54, 1.807) is 18.7 Å². The van der Waals surface area contributed by atoms with Gasteiger partial charge < -0.3 is 10.1 Å². The molecule has 146 valence electrons. The van der Waals surface area contributed by atoms with Gasteiger partial charge in [0.05, 0.1) is 17.9 Å². The Morgan fingerprint density at radius 2 is 1.85 bits per heavy atom. The van der Waals surface area contributed by atoms with Crippen LogP contribution in [-0.2, 0) is 17.5 Å². The summed E-state index contributed by atoms with van der Waals surface area (Å²) in [6.07, 6.45) is -2.96. The number of anilines is 2. The Labute approximate surface area is 160 Å². The monoisotopic (exact) mass is 398 g/mol. The second kappa shape index (κ2) is 9.55. The van der Waals surface area contributed by atoms with E-state index in [2.05, 4.69) is 10.6 Å². The molecule has 0 bridgehead atoms.